The van der Waals surface area contributed by atoms with Crippen LogP contribution < -0.4 is 4.87 Å². The van der Waals surface area contributed by atoms with Crippen molar-refractivity contribution in [2.75, 3.05) is 0 Å². The van der Waals surface area contributed by atoms with E-state index < -0.39 is 69.2 Å². The quantitative estimate of drug-likeness (QED) is 0.367. The summed E-state index contributed by atoms with van der Waals surface area (Å²) in [4.78, 5) is 22.5. The third kappa shape index (κ3) is 4.80. The van der Waals surface area contributed by atoms with Crippen LogP contribution in [0.3, 0.4) is 0 Å². The van der Waals surface area contributed by atoms with Crippen LogP contribution in [-0.2, 0) is 28.9 Å². The van der Waals surface area contributed by atoms with Gasteiger partial charge in [-0.1, -0.05) is 48.8 Å². The number of hydrogen-bond donors (Lipinski definition) is 0. The number of carbonyl (C=O) groups is 1. The van der Waals surface area contributed by atoms with Crippen LogP contribution in [0.2, 0.25) is 0 Å². The van der Waals surface area contributed by atoms with E-state index in [1.54, 1.807) is 0 Å². The number of nitrogens with zero attached hydrogens (tertiary/aromatic N) is 1. The van der Waals surface area contributed by atoms with Gasteiger partial charge < -0.3 is 4.74 Å². The van der Waals surface area contributed by atoms with Gasteiger partial charge in [0, 0.05) is 0 Å². The Balaban J connectivity index is 2.19. The first-order valence-electron chi connectivity index (χ1n) is 7.96. The zero-order chi connectivity index (χ0) is 22.4. The molecule has 0 spiro atoms. The van der Waals surface area contributed by atoms with Crippen LogP contribution in [0.1, 0.15) is 24.4 Å². The standard InChI is InChI=1S/C17H14ClF6NO3S/c1-4-5-25-12(17(22,23)24)9(29-14(25)27)7-28-13(26)11-8(15(11,2)3)6-10(18)16(19,20)21/h1,6,8,11H,5,7H2,2-3H3/t8-,11-/m0/s1. The highest BCUT2D eigenvalue weighted by molar-refractivity contribution is 7.09. The Bertz CT molecular complexity index is 935. The summed E-state index contributed by atoms with van der Waals surface area (Å²) in [6, 6.07) is 0. The number of carbonyl (C=O) groups excluding carboxylic acids is 1. The van der Waals surface area contributed by atoms with Gasteiger partial charge >= 0.3 is 23.2 Å². The molecule has 1 aromatic heterocycles. The average molecular weight is 462 g/mol. The summed E-state index contributed by atoms with van der Waals surface area (Å²) in [5.74, 6) is -0.953. The van der Waals surface area contributed by atoms with Gasteiger partial charge in [-0.2, -0.15) is 26.3 Å². The second-order valence-corrected chi connectivity index (χ2v) is 8.33. The van der Waals surface area contributed by atoms with Crippen molar-refractivity contribution >= 4 is 28.9 Å². The molecule has 0 aliphatic heterocycles. The number of aromatic nitrogens is 1. The number of alkyl halides is 6. The van der Waals surface area contributed by atoms with Gasteiger partial charge in [0.15, 0.2) is 0 Å². The molecule has 1 aliphatic carbocycles. The third-order valence-electron chi connectivity index (χ3n) is 4.59. The summed E-state index contributed by atoms with van der Waals surface area (Å²) < 4.78 is 82.8. The van der Waals surface area contributed by atoms with E-state index in [9.17, 15) is 35.9 Å². The van der Waals surface area contributed by atoms with E-state index in [-0.39, 0.29) is 11.3 Å². The van der Waals surface area contributed by atoms with Crippen LogP contribution in [0.15, 0.2) is 15.9 Å². The number of allylic oxidation sites excluding steroid dienone is 2. The Hall–Kier alpha value is -1.93. The van der Waals surface area contributed by atoms with Gasteiger partial charge in [0.1, 0.15) is 17.3 Å². The molecule has 0 bridgehead atoms. The topological polar surface area (TPSA) is 48.3 Å². The molecule has 2 atom stereocenters. The lowest BCUT2D eigenvalue weighted by Crippen LogP contribution is -2.22. The first kappa shape index (κ1) is 23.3. The molecule has 1 aromatic rings. The van der Waals surface area contributed by atoms with Gasteiger partial charge in [0.25, 0.3) is 0 Å². The van der Waals surface area contributed by atoms with Crippen molar-refractivity contribution in [3.8, 4) is 12.3 Å². The molecule has 2 rings (SSSR count). The first-order chi connectivity index (χ1) is 13.1. The van der Waals surface area contributed by atoms with Gasteiger partial charge in [-0.3, -0.25) is 14.2 Å². The lowest BCUT2D eigenvalue weighted by Gasteiger charge is -2.11. The van der Waals surface area contributed by atoms with E-state index in [4.69, 9.17) is 22.8 Å². The van der Waals surface area contributed by atoms with E-state index in [1.165, 1.54) is 13.8 Å². The predicted octanol–water partition coefficient (Wildman–Crippen LogP) is 4.56. The van der Waals surface area contributed by atoms with E-state index in [1.807, 2.05) is 5.92 Å². The third-order valence-corrected chi connectivity index (χ3v) is 5.88. The number of ether oxygens (including phenoxy) is 1. The molecule has 0 N–H and O–H groups in total. The van der Waals surface area contributed by atoms with Crippen molar-refractivity contribution in [3.63, 3.8) is 0 Å². The number of terminal acetylenes is 1. The van der Waals surface area contributed by atoms with Crippen molar-refractivity contribution in [1.82, 2.24) is 4.57 Å². The number of hydrogen-bond acceptors (Lipinski definition) is 4. The molecule has 0 aromatic carbocycles. The number of rotatable bonds is 5. The van der Waals surface area contributed by atoms with Crippen molar-refractivity contribution in [2.24, 2.45) is 17.3 Å². The fraction of sp³-hybridized carbons (Fsp3) is 0.529. The molecule has 0 radical (unpaired) electrons. The fourth-order valence-electron chi connectivity index (χ4n) is 3.01. The zero-order valence-electron chi connectivity index (χ0n) is 14.9. The molecule has 12 heteroatoms. The minimum atomic E-state index is -4.91. The SMILES string of the molecule is C#CCn1c(C(F)(F)F)c(COC(=O)[C@@H]2[C@H](C=C(Cl)C(F)(F)F)C2(C)C)sc1=O. The summed E-state index contributed by atoms with van der Waals surface area (Å²) in [5.41, 5.74) is -2.23. The summed E-state index contributed by atoms with van der Waals surface area (Å²) >= 11 is 5.42. The molecule has 0 saturated heterocycles. The van der Waals surface area contributed by atoms with Crippen LogP contribution in [0.4, 0.5) is 26.3 Å². The molecular formula is C17H14ClF6NO3S. The second-order valence-electron chi connectivity index (χ2n) is 6.87. The maximum atomic E-state index is 13.3. The normalized spacial score (nSPS) is 21.6. The average Bonchev–Trinajstić information content (AvgIpc) is 2.92. The van der Waals surface area contributed by atoms with Gasteiger partial charge in [-0.25, -0.2) is 0 Å². The van der Waals surface area contributed by atoms with Crippen LogP contribution in [0, 0.1) is 29.6 Å². The first-order valence-corrected chi connectivity index (χ1v) is 9.16. The lowest BCUT2D eigenvalue weighted by atomic mass is 10.1. The summed E-state index contributed by atoms with van der Waals surface area (Å²) in [5, 5.41) is -1.39. The van der Waals surface area contributed by atoms with Crippen LogP contribution in [0.25, 0.3) is 0 Å². The minimum absolute atomic E-state index is 0.229. The molecule has 160 valence electrons. The number of esters is 1. The zero-order valence-corrected chi connectivity index (χ0v) is 16.5. The van der Waals surface area contributed by atoms with Crippen LogP contribution >= 0.6 is 22.9 Å². The Labute approximate surface area is 170 Å². The van der Waals surface area contributed by atoms with E-state index in [2.05, 4.69) is 0 Å². The summed E-state index contributed by atoms with van der Waals surface area (Å²) in [6.07, 6.45) is -4.02. The summed E-state index contributed by atoms with van der Waals surface area (Å²) in [6.45, 7) is 1.53. The van der Waals surface area contributed by atoms with Crippen LogP contribution in [0.5, 0.6) is 0 Å². The molecule has 1 heterocycles. The van der Waals surface area contributed by atoms with Crippen molar-refractivity contribution in [2.45, 2.75) is 39.4 Å². The molecular weight excluding hydrogens is 448 g/mol. The van der Waals surface area contributed by atoms with E-state index in [0.29, 0.717) is 10.6 Å². The monoisotopic (exact) mass is 461 g/mol. The van der Waals surface area contributed by atoms with E-state index in [0.717, 1.165) is 0 Å². The maximum absolute atomic E-state index is 13.3. The molecule has 1 aliphatic rings. The van der Waals surface area contributed by atoms with Gasteiger partial charge in [0.05, 0.1) is 17.3 Å². The number of halogens is 7. The highest BCUT2D eigenvalue weighted by atomic mass is 35.5. The molecule has 1 saturated carbocycles. The summed E-state index contributed by atoms with van der Waals surface area (Å²) in [7, 11) is 0. The van der Waals surface area contributed by atoms with Crippen LogP contribution in [-0.4, -0.2) is 16.7 Å². The molecule has 0 unspecified atom stereocenters. The van der Waals surface area contributed by atoms with Gasteiger partial charge in [0.2, 0.25) is 0 Å². The van der Waals surface area contributed by atoms with E-state index >= 15 is 0 Å². The predicted molar refractivity (Wildman–Crippen MR) is 93.0 cm³/mol. The Morgan fingerprint density at radius 1 is 1.34 bits per heavy atom. The molecule has 4 nitrogen and oxygen atoms in total. The lowest BCUT2D eigenvalue weighted by molar-refractivity contribution is -0.151. The fourth-order valence-corrected chi connectivity index (χ4v) is 4.06. The minimum Gasteiger partial charge on any atom is -0.460 e. The molecule has 1 fully saturated rings. The Morgan fingerprint density at radius 2 is 1.93 bits per heavy atom. The van der Waals surface area contributed by atoms with Crippen molar-refractivity contribution in [3.05, 3.63) is 31.3 Å². The second kappa shape index (κ2) is 7.72. The van der Waals surface area contributed by atoms with Gasteiger partial charge in [-0.15, -0.1) is 6.42 Å². The largest absolute Gasteiger partial charge is 0.460 e. The highest BCUT2D eigenvalue weighted by Gasteiger charge is 2.62. The highest BCUT2D eigenvalue weighted by Crippen LogP contribution is 2.60. The van der Waals surface area contributed by atoms with Crippen molar-refractivity contribution in [1.29, 1.82) is 0 Å². The maximum Gasteiger partial charge on any atom is 0.432 e. The van der Waals surface area contributed by atoms with Crippen molar-refractivity contribution < 1.29 is 35.9 Å². The molecule has 0 amide bonds. The Kier molecular flexibility index (Phi) is 6.22. The smallest absolute Gasteiger partial charge is 0.432 e. The van der Waals surface area contributed by atoms with Gasteiger partial charge in [-0.05, 0) is 11.3 Å². The molecule has 29 heavy (non-hydrogen) atoms. The Morgan fingerprint density at radius 3 is 2.41 bits per heavy atom. The number of thiazole rings is 1.